The third kappa shape index (κ3) is 1.59. The van der Waals surface area contributed by atoms with Crippen LogP contribution in [0, 0.1) is 6.92 Å². The van der Waals surface area contributed by atoms with Crippen LogP contribution in [0.5, 0.6) is 0 Å². The lowest BCUT2D eigenvalue weighted by molar-refractivity contribution is 0.897. The normalized spacial score (nSPS) is 10.9. The summed E-state index contributed by atoms with van der Waals surface area (Å²) in [6, 6.07) is 7.34. The molecule has 0 aliphatic carbocycles. The molecule has 0 saturated carbocycles. The van der Waals surface area contributed by atoms with E-state index >= 15 is 0 Å². The van der Waals surface area contributed by atoms with Crippen molar-refractivity contribution in [1.82, 2.24) is 24.8 Å². The molecule has 0 aliphatic heterocycles. The predicted octanol–water partition coefficient (Wildman–Crippen LogP) is 1.08. The molecule has 0 radical (unpaired) electrons. The summed E-state index contributed by atoms with van der Waals surface area (Å²) in [7, 11) is 0. The largest absolute Gasteiger partial charge is 0.397 e. The van der Waals surface area contributed by atoms with Crippen LogP contribution in [0.1, 0.15) is 5.69 Å². The molecule has 6 nitrogen and oxygen atoms in total. The van der Waals surface area contributed by atoms with E-state index in [0.29, 0.717) is 22.9 Å². The van der Waals surface area contributed by atoms with Crippen molar-refractivity contribution in [1.29, 1.82) is 0 Å². The second-order valence-corrected chi connectivity index (χ2v) is 3.75. The molecule has 2 N–H and O–H groups in total. The third-order valence-electron chi connectivity index (χ3n) is 2.41. The Kier molecular flexibility index (Phi) is 2.01. The zero-order valence-electron chi connectivity index (χ0n) is 9.20. The molecular weight excluding hydrogens is 216 g/mol. The number of aromatic nitrogens is 5. The second kappa shape index (κ2) is 3.51. The molecule has 0 unspecified atom stereocenters. The summed E-state index contributed by atoms with van der Waals surface area (Å²) < 4.78 is 1.67. The number of pyridine rings is 1. The van der Waals surface area contributed by atoms with E-state index < -0.39 is 0 Å². The van der Waals surface area contributed by atoms with Gasteiger partial charge >= 0.3 is 0 Å². The Bertz CT molecular complexity index is 670. The first-order valence-corrected chi connectivity index (χ1v) is 5.15. The van der Waals surface area contributed by atoms with Crippen LogP contribution in [0.2, 0.25) is 0 Å². The Labute approximate surface area is 97.1 Å². The number of rotatable bonds is 1. The zero-order chi connectivity index (χ0) is 11.8. The molecule has 0 fully saturated rings. The lowest BCUT2D eigenvalue weighted by Crippen LogP contribution is -1.98. The summed E-state index contributed by atoms with van der Waals surface area (Å²) in [4.78, 5) is 4.21. The highest BCUT2D eigenvalue weighted by molar-refractivity contribution is 5.56. The maximum atomic E-state index is 5.60. The molecule has 17 heavy (non-hydrogen) atoms. The van der Waals surface area contributed by atoms with E-state index in [1.165, 1.54) is 0 Å². The van der Waals surface area contributed by atoms with E-state index in [2.05, 4.69) is 20.3 Å². The molecule has 0 saturated heterocycles. The summed E-state index contributed by atoms with van der Waals surface area (Å²) in [5.41, 5.74) is 8.51. The van der Waals surface area contributed by atoms with Crippen LogP contribution in [0.15, 0.2) is 30.5 Å². The molecule has 6 heteroatoms. The Balaban J connectivity index is 2.23. The van der Waals surface area contributed by atoms with Gasteiger partial charge in [-0.25, -0.2) is 0 Å². The quantitative estimate of drug-likeness (QED) is 0.671. The van der Waals surface area contributed by atoms with Gasteiger partial charge in [0, 0.05) is 0 Å². The standard InChI is InChI=1S/C11H10N6/c1-7-2-5-10-14-15-11(17(10)16-7)9-4-3-8(12)6-13-9/h2-6H,12H2,1H3. The van der Waals surface area contributed by atoms with Crippen LogP contribution in [0.4, 0.5) is 5.69 Å². The topological polar surface area (TPSA) is 82.0 Å². The van der Waals surface area contributed by atoms with Gasteiger partial charge in [0.15, 0.2) is 5.65 Å². The van der Waals surface area contributed by atoms with Crippen LogP contribution < -0.4 is 5.73 Å². The van der Waals surface area contributed by atoms with Gasteiger partial charge in [0.2, 0.25) is 5.82 Å². The summed E-state index contributed by atoms with van der Waals surface area (Å²) in [5, 5.41) is 12.5. The monoisotopic (exact) mass is 226 g/mol. The maximum Gasteiger partial charge on any atom is 0.203 e. The molecule has 3 rings (SSSR count). The fraction of sp³-hybridized carbons (Fsp3) is 0.0909. The number of fused-ring (bicyclic) bond motifs is 1. The summed E-state index contributed by atoms with van der Waals surface area (Å²) >= 11 is 0. The van der Waals surface area contributed by atoms with Crippen molar-refractivity contribution in [3.05, 3.63) is 36.2 Å². The minimum Gasteiger partial charge on any atom is -0.397 e. The van der Waals surface area contributed by atoms with Crippen LogP contribution in [0.3, 0.4) is 0 Å². The molecule has 3 heterocycles. The molecule has 3 aromatic rings. The van der Waals surface area contributed by atoms with E-state index in [-0.39, 0.29) is 0 Å². The van der Waals surface area contributed by atoms with Crippen molar-refractivity contribution in [2.24, 2.45) is 0 Å². The predicted molar refractivity (Wildman–Crippen MR) is 63.2 cm³/mol. The van der Waals surface area contributed by atoms with Crippen LogP contribution in [-0.2, 0) is 0 Å². The van der Waals surface area contributed by atoms with Crippen LogP contribution >= 0.6 is 0 Å². The number of aryl methyl sites for hydroxylation is 1. The lowest BCUT2D eigenvalue weighted by Gasteiger charge is -1.99. The van der Waals surface area contributed by atoms with Gasteiger partial charge in [0.25, 0.3) is 0 Å². The number of hydrogen-bond donors (Lipinski definition) is 1. The number of nitrogens with zero attached hydrogens (tertiary/aromatic N) is 5. The van der Waals surface area contributed by atoms with Crippen LogP contribution in [0.25, 0.3) is 17.2 Å². The molecule has 84 valence electrons. The van der Waals surface area contributed by atoms with Gasteiger partial charge in [-0.05, 0) is 31.2 Å². The van der Waals surface area contributed by atoms with Crippen molar-refractivity contribution in [2.75, 3.05) is 5.73 Å². The third-order valence-corrected chi connectivity index (χ3v) is 2.41. The average Bonchev–Trinajstić information content (AvgIpc) is 2.73. The Morgan fingerprint density at radius 1 is 1.12 bits per heavy atom. The van der Waals surface area contributed by atoms with Gasteiger partial charge in [-0.15, -0.1) is 10.2 Å². The molecule has 3 aromatic heterocycles. The Hall–Kier alpha value is -2.50. The number of nitrogens with two attached hydrogens (primary N) is 1. The number of nitrogen functional groups attached to an aromatic ring is 1. The first-order valence-electron chi connectivity index (χ1n) is 5.15. The maximum absolute atomic E-state index is 5.60. The minimum atomic E-state index is 0.615. The highest BCUT2D eigenvalue weighted by Crippen LogP contribution is 2.15. The van der Waals surface area contributed by atoms with Gasteiger partial charge in [0.05, 0.1) is 17.6 Å². The highest BCUT2D eigenvalue weighted by Gasteiger charge is 2.09. The van der Waals surface area contributed by atoms with E-state index in [1.54, 1.807) is 22.8 Å². The van der Waals surface area contributed by atoms with Crippen molar-refractivity contribution < 1.29 is 0 Å². The first kappa shape index (κ1) is 9.71. The summed E-state index contributed by atoms with van der Waals surface area (Å²) in [6.07, 6.45) is 1.59. The Morgan fingerprint density at radius 3 is 2.76 bits per heavy atom. The highest BCUT2D eigenvalue weighted by atomic mass is 15.4. The zero-order valence-corrected chi connectivity index (χ0v) is 9.20. The fourth-order valence-electron chi connectivity index (χ4n) is 1.58. The van der Waals surface area contributed by atoms with Gasteiger partial charge in [-0.2, -0.15) is 9.61 Å². The Morgan fingerprint density at radius 2 is 2.00 bits per heavy atom. The van der Waals surface area contributed by atoms with E-state index in [9.17, 15) is 0 Å². The van der Waals surface area contributed by atoms with Crippen molar-refractivity contribution in [3.63, 3.8) is 0 Å². The fourth-order valence-corrected chi connectivity index (χ4v) is 1.58. The van der Waals surface area contributed by atoms with Crippen molar-refractivity contribution in [3.8, 4) is 11.5 Å². The van der Waals surface area contributed by atoms with E-state index in [1.807, 2.05) is 19.1 Å². The number of hydrogen-bond acceptors (Lipinski definition) is 5. The van der Waals surface area contributed by atoms with Crippen molar-refractivity contribution >= 4 is 11.3 Å². The lowest BCUT2D eigenvalue weighted by atomic mass is 10.3. The molecule has 0 aromatic carbocycles. The van der Waals surface area contributed by atoms with Gasteiger partial charge < -0.3 is 5.73 Å². The van der Waals surface area contributed by atoms with E-state index in [4.69, 9.17) is 5.73 Å². The summed E-state index contributed by atoms with van der Waals surface area (Å²) in [5.74, 6) is 0.615. The van der Waals surface area contributed by atoms with Crippen molar-refractivity contribution in [2.45, 2.75) is 6.92 Å². The molecular formula is C11H10N6. The van der Waals surface area contributed by atoms with Gasteiger partial charge in [-0.3, -0.25) is 4.98 Å². The molecule has 0 aliphatic rings. The number of anilines is 1. The molecule has 0 amide bonds. The smallest absolute Gasteiger partial charge is 0.203 e. The molecule has 0 spiro atoms. The van der Waals surface area contributed by atoms with E-state index in [0.717, 1.165) is 5.69 Å². The molecule has 0 atom stereocenters. The van der Waals surface area contributed by atoms with Gasteiger partial charge in [0.1, 0.15) is 5.69 Å². The first-order chi connectivity index (χ1) is 8.24. The minimum absolute atomic E-state index is 0.615. The average molecular weight is 226 g/mol. The van der Waals surface area contributed by atoms with Crippen LogP contribution in [-0.4, -0.2) is 24.8 Å². The summed E-state index contributed by atoms with van der Waals surface area (Å²) in [6.45, 7) is 1.92. The van der Waals surface area contributed by atoms with Gasteiger partial charge in [-0.1, -0.05) is 0 Å². The molecule has 0 bridgehead atoms. The second-order valence-electron chi connectivity index (χ2n) is 3.75. The SMILES string of the molecule is Cc1ccc2nnc(-c3ccc(N)cn3)n2n1.